The highest BCUT2D eigenvalue weighted by molar-refractivity contribution is 7.13. The molecule has 0 aromatic carbocycles. The summed E-state index contributed by atoms with van der Waals surface area (Å²) < 4.78 is 5.44. The molecule has 20 heavy (non-hydrogen) atoms. The van der Waals surface area contributed by atoms with Crippen LogP contribution in [0.3, 0.4) is 0 Å². The van der Waals surface area contributed by atoms with Gasteiger partial charge in [-0.2, -0.15) is 0 Å². The number of carbonyl (C=O) groups is 2. The molecular weight excluding hydrogens is 280 g/mol. The van der Waals surface area contributed by atoms with Crippen LogP contribution in [0.4, 0.5) is 0 Å². The fraction of sp³-hybridized carbons (Fsp3) is 0.308. The Balaban J connectivity index is 1.77. The van der Waals surface area contributed by atoms with Crippen molar-refractivity contribution in [1.29, 1.82) is 0 Å². The molecule has 2 aromatic heterocycles. The van der Waals surface area contributed by atoms with Gasteiger partial charge in [-0.25, -0.2) is 9.78 Å². The van der Waals surface area contributed by atoms with Gasteiger partial charge in [0.25, 0.3) is 5.91 Å². The third-order valence-corrected chi connectivity index (χ3v) is 4.06. The topological polar surface area (TPSA) is 92.4 Å². The average molecular weight is 292 g/mol. The van der Waals surface area contributed by atoms with Crippen molar-refractivity contribution in [2.24, 2.45) is 0 Å². The first-order valence-electron chi connectivity index (χ1n) is 6.08. The Bertz CT molecular complexity index is 684. The minimum atomic E-state index is -1.10. The molecule has 0 saturated heterocycles. The Morgan fingerprint density at radius 1 is 1.45 bits per heavy atom. The highest BCUT2D eigenvalue weighted by Gasteiger charge is 2.51. The number of furan rings is 1. The lowest BCUT2D eigenvalue weighted by molar-refractivity contribution is -0.140. The SMILES string of the molecule is Cc1ccc(-c2nc(C(=O)NC3(C(=O)O)CC3)cs2)o1. The zero-order valence-corrected chi connectivity index (χ0v) is 11.5. The number of nitrogens with zero attached hydrogens (tertiary/aromatic N) is 1. The molecule has 104 valence electrons. The third kappa shape index (κ3) is 2.20. The maximum Gasteiger partial charge on any atom is 0.329 e. The maximum atomic E-state index is 12.0. The average Bonchev–Trinajstić information content (AvgIpc) is 2.86. The molecule has 0 unspecified atom stereocenters. The molecule has 7 heteroatoms. The van der Waals surface area contributed by atoms with Crippen molar-refractivity contribution in [1.82, 2.24) is 10.3 Å². The van der Waals surface area contributed by atoms with Crippen molar-refractivity contribution < 1.29 is 19.1 Å². The monoisotopic (exact) mass is 292 g/mol. The van der Waals surface area contributed by atoms with Crippen molar-refractivity contribution in [2.75, 3.05) is 0 Å². The summed E-state index contributed by atoms with van der Waals surface area (Å²) in [5.74, 6) is -0.0893. The van der Waals surface area contributed by atoms with Crippen molar-refractivity contribution in [3.8, 4) is 10.8 Å². The van der Waals surface area contributed by atoms with Gasteiger partial charge in [-0.3, -0.25) is 4.79 Å². The largest absolute Gasteiger partial charge is 0.480 e. The molecule has 1 amide bonds. The lowest BCUT2D eigenvalue weighted by atomic mass is 10.2. The maximum absolute atomic E-state index is 12.0. The molecule has 0 spiro atoms. The zero-order valence-electron chi connectivity index (χ0n) is 10.7. The van der Waals surface area contributed by atoms with E-state index in [1.807, 2.05) is 13.0 Å². The fourth-order valence-corrected chi connectivity index (χ4v) is 2.60. The quantitative estimate of drug-likeness (QED) is 0.899. The second-order valence-corrected chi connectivity index (χ2v) is 5.65. The van der Waals surface area contributed by atoms with Crippen LogP contribution in [0.1, 0.15) is 29.1 Å². The highest BCUT2D eigenvalue weighted by Crippen LogP contribution is 2.36. The number of thiazole rings is 1. The molecule has 1 saturated carbocycles. The molecule has 0 aliphatic heterocycles. The Labute approximate surface area is 118 Å². The second kappa shape index (κ2) is 4.45. The van der Waals surface area contributed by atoms with Gasteiger partial charge in [0.2, 0.25) is 0 Å². The number of carboxylic acids is 1. The summed E-state index contributed by atoms with van der Waals surface area (Å²) in [5, 5.41) is 13.8. The minimum absolute atomic E-state index is 0.214. The van der Waals surface area contributed by atoms with Gasteiger partial charge in [-0.1, -0.05) is 0 Å². The summed E-state index contributed by atoms with van der Waals surface area (Å²) in [7, 11) is 0. The van der Waals surface area contributed by atoms with Crippen LogP contribution in [-0.2, 0) is 4.79 Å². The number of carboxylic acid groups (broad SMARTS) is 1. The van der Waals surface area contributed by atoms with E-state index in [0.717, 1.165) is 5.76 Å². The molecule has 0 bridgehead atoms. The number of aryl methyl sites for hydroxylation is 1. The summed E-state index contributed by atoms with van der Waals surface area (Å²) in [6, 6.07) is 3.61. The molecule has 1 aliphatic carbocycles. The van der Waals surface area contributed by atoms with Crippen LogP contribution < -0.4 is 5.32 Å². The lowest BCUT2D eigenvalue weighted by Crippen LogP contribution is -2.43. The number of nitrogens with one attached hydrogen (secondary N) is 1. The van der Waals surface area contributed by atoms with Crippen LogP contribution in [0.2, 0.25) is 0 Å². The third-order valence-electron chi connectivity index (χ3n) is 3.20. The number of hydrogen-bond acceptors (Lipinski definition) is 5. The first-order valence-corrected chi connectivity index (χ1v) is 6.96. The summed E-state index contributed by atoms with van der Waals surface area (Å²) in [5.41, 5.74) is -0.881. The van der Waals surface area contributed by atoms with Crippen LogP contribution in [-0.4, -0.2) is 27.5 Å². The van der Waals surface area contributed by atoms with Gasteiger partial charge in [-0.15, -0.1) is 11.3 Å². The van der Waals surface area contributed by atoms with E-state index in [0.29, 0.717) is 23.6 Å². The van der Waals surface area contributed by atoms with Gasteiger partial charge < -0.3 is 14.8 Å². The molecule has 2 N–H and O–H groups in total. The van der Waals surface area contributed by atoms with Crippen LogP contribution in [0.25, 0.3) is 10.8 Å². The molecule has 1 fully saturated rings. The Kier molecular flexibility index (Phi) is 2.86. The Morgan fingerprint density at radius 3 is 2.75 bits per heavy atom. The first-order chi connectivity index (χ1) is 9.50. The van der Waals surface area contributed by atoms with Crippen LogP contribution in [0.5, 0.6) is 0 Å². The van der Waals surface area contributed by atoms with Gasteiger partial charge in [0, 0.05) is 5.38 Å². The lowest BCUT2D eigenvalue weighted by Gasteiger charge is -2.10. The number of aromatic nitrogens is 1. The van der Waals surface area contributed by atoms with E-state index in [4.69, 9.17) is 9.52 Å². The Hall–Kier alpha value is -2.15. The van der Waals surface area contributed by atoms with Gasteiger partial charge in [0.05, 0.1) is 0 Å². The van der Waals surface area contributed by atoms with Gasteiger partial charge in [-0.05, 0) is 31.9 Å². The van der Waals surface area contributed by atoms with E-state index in [1.165, 1.54) is 11.3 Å². The van der Waals surface area contributed by atoms with E-state index in [1.54, 1.807) is 11.4 Å². The number of amides is 1. The summed E-state index contributed by atoms with van der Waals surface area (Å²) in [6.07, 6.45) is 0.922. The molecule has 6 nitrogen and oxygen atoms in total. The number of carbonyl (C=O) groups excluding carboxylic acids is 1. The summed E-state index contributed by atoms with van der Waals surface area (Å²) in [4.78, 5) is 27.2. The summed E-state index contributed by atoms with van der Waals surface area (Å²) in [6.45, 7) is 1.83. The van der Waals surface area contributed by atoms with E-state index in [2.05, 4.69) is 10.3 Å². The van der Waals surface area contributed by atoms with E-state index in [9.17, 15) is 9.59 Å². The number of aliphatic carboxylic acids is 1. The van der Waals surface area contributed by atoms with Gasteiger partial charge >= 0.3 is 5.97 Å². The summed E-state index contributed by atoms with van der Waals surface area (Å²) >= 11 is 1.29. The van der Waals surface area contributed by atoms with Crippen molar-refractivity contribution >= 4 is 23.2 Å². The molecule has 1 aliphatic rings. The Morgan fingerprint density at radius 2 is 2.20 bits per heavy atom. The molecule has 0 atom stereocenters. The minimum Gasteiger partial charge on any atom is -0.480 e. The predicted octanol–water partition coefficient (Wildman–Crippen LogP) is 2.06. The smallest absolute Gasteiger partial charge is 0.329 e. The second-order valence-electron chi connectivity index (χ2n) is 4.79. The standard InChI is InChI=1S/C13H12N2O4S/c1-7-2-3-9(19-7)11-14-8(6-20-11)10(16)15-13(4-5-13)12(17)18/h2-3,6H,4-5H2,1H3,(H,15,16)(H,17,18). The highest BCUT2D eigenvalue weighted by atomic mass is 32.1. The van der Waals surface area contributed by atoms with Crippen LogP contribution in [0, 0.1) is 6.92 Å². The predicted molar refractivity (Wildman–Crippen MR) is 71.6 cm³/mol. The molecular formula is C13H12N2O4S. The molecule has 2 aromatic rings. The van der Waals surface area contributed by atoms with Crippen molar-refractivity contribution in [3.63, 3.8) is 0 Å². The fourth-order valence-electron chi connectivity index (χ4n) is 1.84. The van der Waals surface area contributed by atoms with Crippen LogP contribution >= 0.6 is 11.3 Å². The van der Waals surface area contributed by atoms with E-state index < -0.39 is 17.4 Å². The molecule has 2 heterocycles. The van der Waals surface area contributed by atoms with Crippen molar-refractivity contribution in [3.05, 3.63) is 29.0 Å². The zero-order chi connectivity index (χ0) is 14.3. The normalized spacial score (nSPS) is 15.8. The number of rotatable bonds is 4. The molecule has 0 radical (unpaired) electrons. The van der Waals surface area contributed by atoms with Crippen LogP contribution in [0.15, 0.2) is 21.9 Å². The van der Waals surface area contributed by atoms with Gasteiger partial charge in [0.1, 0.15) is 17.0 Å². The number of hydrogen-bond donors (Lipinski definition) is 2. The van der Waals surface area contributed by atoms with Gasteiger partial charge in [0.15, 0.2) is 10.8 Å². The van der Waals surface area contributed by atoms with Crippen molar-refractivity contribution in [2.45, 2.75) is 25.3 Å². The van der Waals surface area contributed by atoms with E-state index in [-0.39, 0.29) is 5.69 Å². The first kappa shape index (κ1) is 12.9. The van der Waals surface area contributed by atoms with E-state index >= 15 is 0 Å². The molecule has 3 rings (SSSR count).